The number of amides is 2. The lowest BCUT2D eigenvalue weighted by molar-refractivity contribution is -0.154. The third-order valence-corrected chi connectivity index (χ3v) is 3.56. The molecule has 0 aliphatic heterocycles. The molecule has 8 heteroatoms. The monoisotopic (exact) mass is 353 g/mol. The number of nitriles is 1. The first-order valence-corrected chi connectivity index (χ1v) is 8.55. The van der Waals surface area contributed by atoms with Gasteiger partial charge in [-0.15, -0.1) is 0 Å². The Bertz CT molecular complexity index is 515. The Morgan fingerprint density at radius 1 is 1.20 bits per heavy atom. The van der Waals surface area contributed by atoms with Crippen molar-refractivity contribution in [3.8, 4) is 6.07 Å². The van der Waals surface area contributed by atoms with Gasteiger partial charge in [-0.3, -0.25) is 4.79 Å². The Kier molecular flexibility index (Phi) is 8.19. The van der Waals surface area contributed by atoms with Crippen LogP contribution in [0.25, 0.3) is 0 Å². The van der Waals surface area contributed by atoms with Crippen LogP contribution >= 0.6 is 0 Å². The second-order valence-corrected chi connectivity index (χ2v) is 7.03. The van der Waals surface area contributed by atoms with Crippen molar-refractivity contribution in [2.45, 2.75) is 77.0 Å². The molecule has 0 bridgehead atoms. The van der Waals surface area contributed by atoms with Gasteiger partial charge in [-0.2, -0.15) is 5.26 Å². The van der Waals surface area contributed by atoms with E-state index in [-0.39, 0.29) is 19.1 Å². The zero-order valence-electron chi connectivity index (χ0n) is 15.1. The van der Waals surface area contributed by atoms with Gasteiger partial charge in [0.05, 0.1) is 12.5 Å². The maximum atomic E-state index is 12.4. The molecule has 0 spiro atoms. The summed E-state index contributed by atoms with van der Waals surface area (Å²) in [5, 5.41) is 13.2. The van der Waals surface area contributed by atoms with Gasteiger partial charge in [0.25, 0.3) is 0 Å². The van der Waals surface area contributed by atoms with Crippen LogP contribution in [-0.4, -0.2) is 42.3 Å². The van der Waals surface area contributed by atoms with Crippen LogP contribution in [0.5, 0.6) is 0 Å². The van der Waals surface area contributed by atoms with E-state index in [0.29, 0.717) is 0 Å². The normalized spacial score (nSPS) is 16.2. The highest BCUT2D eigenvalue weighted by atomic mass is 16.6. The Hall–Kier alpha value is -2.30. The SMILES string of the molecule is CC(C)(C)OC(=O)NC(CC(=O)NCC#N)C(=O)OC1CCCCC1. The third kappa shape index (κ3) is 8.94. The topological polar surface area (TPSA) is 118 Å². The second kappa shape index (κ2) is 9.87. The summed E-state index contributed by atoms with van der Waals surface area (Å²) in [5.41, 5.74) is -0.731. The van der Waals surface area contributed by atoms with Crippen molar-refractivity contribution in [2.24, 2.45) is 0 Å². The summed E-state index contributed by atoms with van der Waals surface area (Å²) >= 11 is 0. The molecule has 1 fully saturated rings. The van der Waals surface area contributed by atoms with Crippen LogP contribution in [0.15, 0.2) is 0 Å². The third-order valence-electron chi connectivity index (χ3n) is 3.56. The van der Waals surface area contributed by atoms with E-state index in [4.69, 9.17) is 14.7 Å². The number of nitrogens with one attached hydrogen (secondary N) is 2. The summed E-state index contributed by atoms with van der Waals surface area (Å²) < 4.78 is 10.6. The molecule has 0 saturated heterocycles. The quantitative estimate of drug-likeness (QED) is 0.555. The lowest BCUT2D eigenvalue weighted by Crippen LogP contribution is -2.47. The van der Waals surface area contributed by atoms with E-state index in [1.165, 1.54) is 0 Å². The van der Waals surface area contributed by atoms with Crippen molar-refractivity contribution >= 4 is 18.0 Å². The molecule has 2 amide bonds. The fourth-order valence-electron chi connectivity index (χ4n) is 2.47. The molecule has 0 aromatic heterocycles. The molecule has 0 radical (unpaired) electrons. The number of ether oxygens (including phenoxy) is 2. The summed E-state index contributed by atoms with van der Waals surface area (Å²) in [6.07, 6.45) is 3.36. The van der Waals surface area contributed by atoms with Gasteiger partial charge in [-0.25, -0.2) is 9.59 Å². The van der Waals surface area contributed by atoms with E-state index in [1.54, 1.807) is 26.8 Å². The first-order valence-electron chi connectivity index (χ1n) is 8.55. The van der Waals surface area contributed by atoms with Crippen molar-refractivity contribution in [2.75, 3.05) is 6.54 Å². The van der Waals surface area contributed by atoms with E-state index in [1.807, 2.05) is 0 Å². The highest BCUT2D eigenvalue weighted by Crippen LogP contribution is 2.21. The number of nitrogens with zero attached hydrogens (tertiary/aromatic N) is 1. The molecule has 0 aromatic carbocycles. The molecule has 1 atom stereocenters. The molecule has 1 aliphatic carbocycles. The maximum absolute atomic E-state index is 12.4. The summed E-state index contributed by atoms with van der Waals surface area (Å²) in [7, 11) is 0. The van der Waals surface area contributed by atoms with Crippen LogP contribution in [-0.2, 0) is 19.1 Å². The average molecular weight is 353 g/mol. The number of hydrogen-bond donors (Lipinski definition) is 2. The minimum Gasteiger partial charge on any atom is -0.461 e. The minimum atomic E-state index is -1.16. The van der Waals surface area contributed by atoms with Gasteiger partial charge in [0.15, 0.2) is 0 Å². The number of alkyl carbamates (subject to hydrolysis) is 1. The highest BCUT2D eigenvalue weighted by molar-refractivity contribution is 5.88. The molecule has 25 heavy (non-hydrogen) atoms. The van der Waals surface area contributed by atoms with E-state index in [2.05, 4.69) is 10.6 Å². The molecule has 2 N–H and O–H groups in total. The molecule has 1 rings (SSSR count). The van der Waals surface area contributed by atoms with Gasteiger partial charge >= 0.3 is 12.1 Å². The first kappa shape index (κ1) is 20.7. The number of carbonyl (C=O) groups excluding carboxylic acids is 3. The number of rotatable bonds is 6. The molecule has 8 nitrogen and oxygen atoms in total. The summed E-state index contributed by atoms with van der Waals surface area (Å²) in [5.74, 6) is -1.19. The standard InChI is InChI=1S/C17H27N3O5/c1-17(2,3)25-16(23)20-13(11-14(21)19-10-9-18)15(22)24-12-7-5-4-6-8-12/h12-13H,4-8,10-11H2,1-3H3,(H,19,21)(H,20,23). The molecular weight excluding hydrogens is 326 g/mol. The van der Waals surface area contributed by atoms with Gasteiger partial charge in [-0.1, -0.05) is 6.42 Å². The van der Waals surface area contributed by atoms with Crippen molar-refractivity contribution in [1.29, 1.82) is 5.26 Å². The van der Waals surface area contributed by atoms with Crippen LogP contribution in [0.4, 0.5) is 4.79 Å². The molecule has 0 aromatic rings. The van der Waals surface area contributed by atoms with Crippen LogP contribution in [0, 0.1) is 11.3 Å². The predicted molar refractivity (Wildman–Crippen MR) is 89.4 cm³/mol. The van der Waals surface area contributed by atoms with Crippen molar-refractivity contribution in [3.63, 3.8) is 0 Å². The Morgan fingerprint density at radius 3 is 2.40 bits per heavy atom. The van der Waals surface area contributed by atoms with E-state index >= 15 is 0 Å². The van der Waals surface area contributed by atoms with Gasteiger partial charge < -0.3 is 20.1 Å². The average Bonchev–Trinajstić information content (AvgIpc) is 2.51. The lowest BCUT2D eigenvalue weighted by atomic mass is 9.98. The second-order valence-electron chi connectivity index (χ2n) is 7.03. The van der Waals surface area contributed by atoms with Crippen molar-refractivity contribution in [1.82, 2.24) is 10.6 Å². The Morgan fingerprint density at radius 2 is 1.84 bits per heavy atom. The molecule has 0 heterocycles. The van der Waals surface area contributed by atoms with E-state index < -0.39 is 29.6 Å². The molecule has 1 aliphatic rings. The Balaban J connectivity index is 2.68. The Labute approximate surface area is 148 Å². The minimum absolute atomic E-state index is 0.171. The van der Waals surface area contributed by atoms with Gasteiger partial charge in [0.1, 0.15) is 24.3 Å². The van der Waals surface area contributed by atoms with E-state index in [9.17, 15) is 14.4 Å². The van der Waals surface area contributed by atoms with Crippen LogP contribution < -0.4 is 10.6 Å². The van der Waals surface area contributed by atoms with Gasteiger partial charge in [0, 0.05) is 0 Å². The maximum Gasteiger partial charge on any atom is 0.408 e. The summed E-state index contributed by atoms with van der Waals surface area (Å²) in [6, 6.07) is 0.621. The lowest BCUT2D eigenvalue weighted by Gasteiger charge is -2.26. The van der Waals surface area contributed by atoms with Crippen LogP contribution in [0.3, 0.4) is 0 Å². The summed E-state index contributed by atoms with van der Waals surface area (Å²) in [6.45, 7) is 4.92. The zero-order valence-corrected chi connectivity index (χ0v) is 15.1. The zero-order chi connectivity index (χ0) is 18.9. The first-order chi connectivity index (χ1) is 11.7. The highest BCUT2D eigenvalue weighted by Gasteiger charge is 2.30. The fraction of sp³-hybridized carbons (Fsp3) is 0.765. The van der Waals surface area contributed by atoms with Crippen molar-refractivity contribution in [3.05, 3.63) is 0 Å². The molecule has 1 saturated carbocycles. The van der Waals surface area contributed by atoms with Crippen molar-refractivity contribution < 1.29 is 23.9 Å². The predicted octanol–water partition coefficient (Wildman–Crippen LogP) is 1.79. The van der Waals surface area contributed by atoms with Crippen LogP contribution in [0.1, 0.15) is 59.3 Å². The summed E-state index contributed by atoms with van der Waals surface area (Å²) in [4.78, 5) is 36.1. The molecular formula is C17H27N3O5. The largest absolute Gasteiger partial charge is 0.461 e. The number of carbonyl (C=O) groups is 3. The van der Waals surface area contributed by atoms with Gasteiger partial charge in [0.2, 0.25) is 5.91 Å². The van der Waals surface area contributed by atoms with Gasteiger partial charge in [-0.05, 0) is 46.5 Å². The number of esters is 1. The molecule has 1 unspecified atom stereocenters. The number of hydrogen-bond acceptors (Lipinski definition) is 6. The smallest absolute Gasteiger partial charge is 0.408 e. The fourth-order valence-corrected chi connectivity index (χ4v) is 2.47. The van der Waals surface area contributed by atoms with Crippen LogP contribution in [0.2, 0.25) is 0 Å². The molecule has 140 valence electrons. The van der Waals surface area contributed by atoms with E-state index in [0.717, 1.165) is 32.1 Å².